The molecule has 2 aromatic rings. The first-order chi connectivity index (χ1) is 8.72. The van der Waals surface area contributed by atoms with Crippen LogP contribution >= 0.6 is 27.3 Å². The van der Waals surface area contributed by atoms with Crippen molar-refractivity contribution in [1.82, 2.24) is 0 Å². The molecule has 0 aliphatic carbocycles. The van der Waals surface area contributed by atoms with Crippen molar-refractivity contribution in [3.8, 4) is 5.75 Å². The Morgan fingerprint density at radius 3 is 2.83 bits per heavy atom. The first kappa shape index (κ1) is 13.6. The van der Waals surface area contributed by atoms with Crippen molar-refractivity contribution >= 4 is 27.3 Å². The molecule has 0 spiro atoms. The standard InChI is InChI=1S/C14H15BrO2S/c1-2-7-17-12-6-4-3-5-11(12)14(16)10-8-13(15)18-9-10/h3-6,8-9,14,16H,2,7H2,1H3. The zero-order chi connectivity index (χ0) is 13.0. The summed E-state index contributed by atoms with van der Waals surface area (Å²) in [5.74, 6) is 0.758. The summed E-state index contributed by atoms with van der Waals surface area (Å²) in [5.41, 5.74) is 1.70. The fraction of sp³-hybridized carbons (Fsp3) is 0.286. The topological polar surface area (TPSA) is 29.5 Å². The molecule has 0 amide bonds. The highest BCUT2D eigenvalue weighted by atomic mass is 79.9. The molecule has 0 saturated carbocycles. The quantitative estimate of drug-likeness (QED) is 0.883. The minimum absolute atomic E-state index is 0.638. The number of ether oxygens (including phenoxy) is 1. The molecule has 0 saturated heterocycles. The lowest BCUT2D eigenvalue weighted by molar-refractivity contribution is 0.211. The van der Waals surface area contributed by atoms with Crippen molar-refractivity contribution in [2.45, 2.75) is 19.4 Å². The van der Waals surface area contributed by atoms with Crippen LogP contribution in [0.3, 0.4) is 0 Å². The van der Waals surface area contributed by atoms with E-state index in [9.17, 15) is 5.11 Å². The van der Waals surface area contributed by atoms with Crippen molar-refractivity contribution in [2.24, 2.45) is 0 Å². The molecule has 1 N–H and O–H groups in total. The number of aliphatic hydroxyl groups is 1. The van der Waals surface area contributed by atoms with E-state index in [0.29, 0.717) is 6.61 Å². The number of rotatable bonds is 5. The van der Waals surface area contributed by atoms with Gasteiger partial charge in [-0.2, -0.15) is 0 Å². The van der Waals surface area contributed by atoms with Gasteiger partial charge in [0.2, 0.25) is 0 Å². The summed E-state index contributed by atoms with van der Waals surface area (Å²) in [4.78, 5) is 0. The van der Waals surface area contributed by atoms with Crippen molar-refractivity contribution in [3.63, 3.8) is 0 Å². The van der Waals surface area contributed by atoms with Crippen LogP contribution in [0.4, 0.5) is 0 Å². The lowest BCUT2D eigenvalue weighted by Gasteiger charge is -2.15. The van der Waals surface area contributed by atoms with Crippen molar-refractivity contribution < 1.29 is 9.84 Å². The van der Waals surface area contributed by atoms with Gasteiger partial charge in [-0.3, -0.25) is 0 Å². The van der Waals surface area contributed by atoms with Crippen LogP contribution in [0.25, 0.3) is 0 Å². The van der Waals surface area contributed by atoms with E-state index >= 15 is 0 Å². The van der Waals surface area contributed by atoms with Crippen LogP contribution in [0.1, 0.15) is 30.6 Å². The molecule has 0 radical (unpaired) electrons. The maximum atomic E-state index is 10.4. The van der Waals surface area contributed by atoms with Gasteiger partial charge in [0.15, 0.2) is 0 Å². The van der Waals surface area contributed by atoms with Crippen LogP contribution in [0.5, 0.6) is 5.75 Å². The van der Waals surface area contributed by atoms with Gasteiger partial charge in [-0.25, -0.2) is 0 Å². The van der Waals surface area contributed by atoms with Crippen molar-refractivity contribution in [2.75, 3.05) is 6.61 Å². The molecule has 0 bridgehead atoms. The Morgan fingerprint density at radius 2 is 2.17 bits per heavy atom. The highest BCUT2D eigenvalue weighted by molar-refractivity contribution is 9.11. The Balaban J connectivity index is 2.26. The molecular formula is C14H15BrO2S. The zero-order valence-corrected chi connectivity index (χ0v) is 12.5. The van der Waals surface area contributed by atoms with Crippen LogP contribution < -0.4 is 4.74 Å². The first-order valence-electron chi connectivity index (χ1n) is 5.86. The third-order valence-corrected chi connectivity index (χ3v) is 4.10. The number of aliphatic hydroxyl groups excluding tert-OH is 1. The Morgan fingerprint density at radius 1 is 1.39 bits per heavy atom. The fourth-order valence-electron chi connectivity index (χ4n) is 1.70. The van der Waals surface area contributed by atoms with E-state index in [0.717, 1.165) is 27.1 Å². The summed E-state index contributed by atoms with van der Waals surface area (Å²) in [5, 5.41) is 12.3. The second kappa shape index (κ2) is 6.36. The van der Waals surface area contributed by atoms with Crippen LogP contribution in [-0.4, -0.2) is 11.7 Å². The summed E-state index contributed by atoms with van der Waals surface area (Å²) in [6, 6.07) is 9.58. The number of hydrogen-bond acceptors (Lipinski definition) is 3. The van der Waals surface area contributed by atoms with E-state index in [-0.39, 0.29) is 0 Å². The van der Waals surface area contributed by atoms with E-state index in [2.05, 4.69) is 22.9 Å². The molecule has 2 rings (SSSR count). The van der Waals surface area contributed by atoms with Gasteiger partial charge in [0, 0.05) is 5.56 Å². The Hall–Kier alpha value is -0.840. The minimum Gasteiger partial charge on any atom is -0.493 e. The summed E-state index contributed by atoms with van der Waals surface area (Å²) in [7, 11) is 0. The number of halogens is 1. The normalized spacial score (nSPS) is 12.4. The molecule has 2 nitrogen and oxygen atoms in total. The van der Waals surface area contributed by atoms with Gasteiger partial charge in [-0.1, -0.05) is 25.1 Å². The second-order valence-corrected chi connectivity index (χ2v) is 6.26. The van der Waals surface area contributed by atoms with E-state index in [1.807, 2.05) is 35.7 Å². The number of thiophene rings is 1. The maximum absolute atomic E-state index is 10.4. The predicted octanol–water partition coefficient (Wildman–Crippen LogP) is 4.38. The average Bonchev–Trinajstić information content (AvgIpc) is 2.82. The monoisotopic (exact) mass is 326 g/mol. The van der Waals surface area contributed by atoms with Gasteiger partial charge in [0.25, 0.3) is 0 Å². The average molecular weight is 327 g/mol. The predicted molar refractivity (Wildman–Crippen MR) is 78.3 cm³/mol. The molecular weight excluding hydrogens is 312 g/mol. The molecule has 0 fully saturated rings. The Kier molecular flexibility index (Phi) is 4.80. The second-order valence-electron chi connectivity index (χ2n) is 3.97. The largest absolute Gasteiger partial charge is 0.493 e. The van der Waals surface area contributed by atoms with Gasteiger partial charge in [0.05, 0.1) is 10.4 Å². The van der Waals surface area contributed by atoms with Gasteiger partial charge in [0.1, 0.15) is 11.9 Å². The zero-order valence-electron chi connectivity index (χ0n) is 10.1. The molecule has 1 heterocycles. The van der Waals surface area contributed by atoms with Crippen LogP contribution in [0, 0.1) is 0 Å². The van der Waals surface area contributed by atoms with Crippen molar-refractivity contribution in [3.05, 3.63) is 50.6 Å². The molecule has 1 aromatic carbocycles. The SMILES string of the molecule is CCCOc1ccccc1C(O)c1csc(Br)c1. The van der Waals surface area contributed by atoms with Crippen molar-refractivity contribution in [1.29, 1.82) is 0 Å². The molecule has 0 aliphatic rings. The van der Waals surface area contributed by atoms with Gasteiger partial charge < -0.3 is 9.84 Å². The van der Waals surface area contributed by atoms with E-state index in [4.69, 9.17) is 4.74 Å². The highest BCUT2D eigenvalue weighted by Gasteiger charge is 2.16. The van der Waals surface area contributed by atoms with Crippen LogP contribution in [0.15, 0.2) is 39.5 Å². The Labute approximate surface area is 119 Å². The Bertz CT molecular complexity index is 510. The number of para-hydroxylation sites is 1. The highest BCUT2D eigenvalue weighted by Crippen LogP contribution is 2.33. The third kappa shape index (κ3) is 3.13. The van der Waals surface area contributed by atoms with Crippen LogP contribution in [-0.2, 0) is 0 Å². The molecule has 4 heteroatoms. The molecule has 1 aromatic heterocycles. The number of benzene rings is 1. The van der Waals surface area contributed by atoms with E-state index in [1.54, 1.807) is 11.3 Å². The first-order valence-corrected chi connectivity index (χ1v) is 7.53. The smallest absolute Gasteiger partial charge is 0.125 e. The lowest BCUT2D eigenvalue weighted by atomic mass is 10.0. The van der Waals surface area contributed by atoms with Crippen LogP contribution in [0.2, 0.25) is 0 Å². The molecule has 18 heavy (non-hydrogen) atoms. The van der Waals surface area contributed by atoms with Gasteiger partial charge in [-0.05, 0) is 45.4 Å². The molecule has 96 valence electrons. The number of hydrogen-bond donors (Lipinski definition) is 1. The summed E-state index contributed by atoms with van der Waals surface area (Å²) < 4.78 is 6.68. The van der Waals surface area contributed by atoms with E-state index < -0.39 is 6.10 Å². The summed E-state index contributed by atoms with van der Waals surface area (Å²) in [6.07, 6.45) is 0.314. The van der Waals surface area contributed by atoms with E-state index in [1.165, 1.54) is 0 Å². The summed E-state index contributed by atoms with van der Waals surface area (Å²) in [6.45, 7) is 2.73. The van der Waals surface area contributed by atoms with Gasteiger partial charge in [-0.15, -0.1) is 11.3 Å². The molecule has 1 unspecified atom stereocenters. The third-order valence-electron chi connectivity index (χ3n) is 2.58. The maximum Gasteiger partial charge on any atom is 0.125 e. The fourth-order valence-corrected chi connectivity index (χ4v) is 2.89. The lowest BCUT2D eigenvalue weighted by Crippen LogP contribution is -2.03. The summed E-state index contributed by atoms with van der Waals surface area (Å²) >= 11 is 4.98. The molecule has 1 atom stereocenters. The van der Waals surface area contributed by atoms with Gasteiger partial charge >= 0.3 is 0 Å². The molecule has 0 aliphatic heterocycles. The minimum atomic E-state index is -0.638.